The highest BCUT2D eigenvalue weighted by Crippen LogP contribution is 2.20. The van der Waals surface area contributed by atoms with Crippen molar-refractivity contribution in [1.82, 2.24) is 9.55 Å². The van der Waals surface area contributed by atoms with Crippen molar-refractivity contribution in [2.45, 2.75) is 31.2 Å². The average molecular weight is 298 g/mol. The topological polar surface area (TPSA) is 109 Å². The van der Waals surface area contributed by atoms with Crippen molar-refractivity contribution in [3.63, 3.8) is 0 Å². The molecule has 0 aliphatic carbocycles. The number of rotatable bonds is 1. The highest BCUT2D eigenvalue weighted by molar-refractivity contribution is 7.85. The first-order chi connectivity index (χ1) is 9.01. The molecule has 8 heteroatoms. The molecule has 1 aromatic carbocycles. The molecule has 0 aliphatic rings. The standard InChI is InChI=1S/C12H14N2O5S/c1-12(2,3)14-9-6-7(20(17,18)19)4-5-8(9)10(15)13-11(14)16/h4-6H,1-3H3,(H,13,15,16)(H,17,18,19). The van der Waals surface area contributed by atoms with Crippen molar-refractivity contribution in [3.8, 4) is 0 Å². The zero-order valence-electron chi connectivity index (χ0n) is 11.2. The van der Waals surface area contributed by atoms with E-state index in [1.807, 2.05) is 0 Å². The molecule has 0 fully saturated rings. The van der Waals surface area contributed by atoms with Gasteiger partial charge in [0.25, 0.3) is 15.7 Å². The highest BCUT2D eigenvalue weighted by Gasteiger charge is 2.21. The molecule has 0 atom stereocenters. The molecular formula is C12H14N2O5S. The van der Waals surface area contributed by atoms with E-state index in [1.54, 1.807) is 20.8 Å². The fourth-order valence-electron chi connectivity index (χ4n) is 2.04. The van der Waals surface area contributed by atoms with Crippen LogP contribution in [0.25, 0.3) is 10.9 Å². The van der Waals surface area contributed by atoms with Gasteiger partial charge in [0.15, 0.2) is 0 Å². The third-order valence-electron chi connectivity index (χ3n) is 2.85. The Hall–Kier alpha value is -1.93. The van der Waals surface area contributed by atoms with Gasteiger partial charge < -0.3 is 0 Å². The van der Waals surface area contributed by atoms with E-state index in [0.717, 1.165) is 12.1 Å². The van der Waals surface area contributed by atoms with Crippen LogP contribution in [0, 0.1) is 0 Å². The Kier molecular flexibility index (Phi) is 3.10. The number of fused-ring (bicyclic) bond motifs is 1. The largest absolute Gasteiger partial charge is 0.329 e. The third kappa shape index (κ3) is 2.39. The monoisotopic (exact) mass is 298 g/mol. The van der Waals surface area contributed by atoms with Gasteiger partial charge in [0.05, 0.1) is 15.8 Å². The Morgan fingerprint density at radius 1 is 1.20 bits per heavy atom. The number of hydrogen-bond donors (Lipinski definition) is 2. The molecule has 2 aromatic rings. The maximum absolute atomic E-state index is 12.0. The quantitative estimate of drug-likeness (QED) is 0.753. The van der Waals surface area contributed by atoms with E-state index in [4.69, 9.17) is 4.55 Å². The molecule has 1 aromatic heterocycles. The molecular weight excluding hydrogens is 284 g/mol. The van der Waals surface area contributed by atoms with Crippen LogP contribution in [0.15, 0.2) is 32.7 Å². The number of aromatic nitrogens is 2. The average Bonchev–Trinajstić information content (AvgIpc) is 2.24. The number of hydrogen-bond acceptors (Lipinski definition) is 4. The lowest BCUT2D eigenvalue weighted by molar-refractivity contribution is 0.391. The molecule has 0 amide bonds. The number of H-pyrrole nitrogens is 1. The van der Waals surface area contributed by atoms with Gasteiger partial charge in [-0.2, -0.15) is 8.42 Å². The van der Waals surface area contributed by atoms with Gasteiger partial charge in [-0.05, 0) is 39.0 Å². The predicted molar refractivity (Wildman–Crippen MR) is 73.6 cm³/mol. The molecule has 0 saturated carbocycles. The molecule has 0 aliphatic heterocycles. The normalized spacial score (nSPS) is 12.8. The van der Waals surface area contributed by atoms with Gasteiger partial charge in [0, 0.05) is 5.54 Å². The minimum absolute atomic E-state index is 0.154. The van der Waals surface area contributed by atoms with E-state index >= 15 is 0 Å². The first kappa shape index (κ1) is 14.5. The predicted octanol–water partition coefficient (Wildman–Crippen LogP) is 0.692. The number of nitrogens with zero attached hydrogens (tertiary/aromatic N) is 1. The second-order valence-electron chi connectivity index (χ2n) is 5.42. The van der Waals surface area contributed by atoms with E-state index < -0.39 is 26.9 Å². The second-order valence-corrected chi connectivity index (χ2v) is 6.84. The SMILES string of the molecule is CC(C)(C)n1c(=O)[nH]c(=O)c2ccc(S(=O)(=O)O)cc21. The minimum Gasteiger partial charge on any atom is -0.288 e. The van der Waals surface area contributed by atoms with Gasteiger partial charge in [-0.15, -0.1) is 0 Å². The van der Waals surface area contributed by atoms with Crippen LogP contribution >= 0.6 is 0 Å². The zero-order chi connectivity index (χ0) is 15.3. The fourth-order valence-corrected chi connectivity index (χ4v) is 2.55. The van der Waals surface area contributed by atoms with Crippen molar-refractivity contribution >= 4 is 21.0 Å². The molecule has 0 radical (unpaired) electrons. The maximum atomic E-state index is 12.0. The van der Waals surface area contributed by atoms with Crippen LogP contribution in [0.3, 0.4) is 0 Å². The van der Waals surface area contributed by atoms with Gasteiger partial charge in [-0.1, -0.05) is 0 Å². The molecule has 1 heterocycles. The molecule has 0 bridgehead atoms. The number of nitrogens with one attached hydrogen (secondary N) is 1. The summed E-state index contributed by atoms with van der Waals surface area (Å²) in [7, 11) is -4.41. The maximum Gasteiger partial charge on any atom is 0.329 e. The van der Waals surface area contributed by atoms with Crippen LogP contribution < -0.4 is 11.2 Å². The summed E-state index contributed by atoms with van der Waals surface area (Å²) in [6.45, 7) is 5.23. The zero-order valence-corrected chi connectivity index (χ0v) is 12.0. The first-order valence-corrected chi connectivity index (χ1v) is 7.23. The van der Waals surface area contributed by atoms with Gasteiger partial charge in [-0.25, -0.2) is 4.79 Å². The van der Waals surface area contributed by atoms with Crippen molar-refractivity contribution in [3.05, 3.63) is 39.0 Å². The Bertz CT molecular complexity index is 900. The number of benzene rings is 1. The second kappa shape index (κ2) is 4.29. The molecule has 0 spiro atoms. The summed E-state index contributed by atoms with van der Waals surface area (Å²) in [5, 5.41) is 0.173. The lowest BCUT2D eigenvalue weighted by Crippen LogP contribution is -2.39. The van der Waals surface area contributed by atoms with Gasteiger partial charge in [0.1, 0.15) is 0 Å². The van der Waals surface area contributed by atoms with E-state index in [2.05, 4.69) is 4.98 Å². The molecule has 2 N–H and O–H groups in total. The summed E-state index contributed by atoms with van der Waals surface area (Å²) in [5.74, 6) is 0. The molecule has 0 unspecified atom stereocenters. The summed E-state index contributed by atoms with van der Waals surface area (Å²) in [6.07, 6.45) is 0. The summed E-state index contributed by atoms with van der Waals surface area (Å²) < 4.78 is 32.7. The smallest absolute Gasteiger partial charge is 0.288 e. The van der Waals surface area contributed by atoms with Crippen LogP contribution in [0.5, 0.6) is 0 Å². The lowest BCUT2D eigenvalue weighted by atomic mass is 10.1. The Labute approximate surface area is 114 Å². The van der Waals surface area contributed by atoms with Crippen molar-refractivity contribution in [2.24, 2.45) is 0 Å². The van der Waals surface area contributed by atoms with E-state index in [1.165, 1.54) is 10.6 Å². The van der Waals surface area contributed by atoms with Crippen molar-refractivity contribution in [1.29, 1.82) is 0 Å². The third-order valence-corrected chi connectivity index (χ3v) is 3.70. The van der Waals surface area contributed by atoms with Crippen LogP contribution in [-0.4, -0.2) is 22.5 Å². The Morgan fingerprint density at radius 3 is 2.30 bits per heavy atom. The van der Waals surface area contributed by atoms with Crippen LogP contribution in [-0.2, 0) is 15.7 Å². The first-order valence-electron chi connectivity index (χ1n) is 5.79. The lowest BCUT2D eigenvalue weighted by Gasteiger charge is -2.24. The molecule has 2 rings (SSSR count). The van der Waals surface area contributed by atoms with Gasteiger partial charge in [0.2, 0.25) is 0 Å². The van der Waals surface area contributed by atoms with Crippen LogP contribution in [0.2, 0.25) is 0 Å². The minimum atomic E-state index is -4.41. The summed E-state index contributed by atoms with van der Waals surface area (Å²) in [4.78, 5) is 25.5. The van der Waals surface area contributed by atoms with Gasteiger partial charge >= 0.3 is 5.69 Å². The molecule has 20 heavy (non-hydrogen) atoms. The van der Waals surface area contributed by atoms with Gasteiger partial charge in [-0.3, -0.25) is 18.9 Å². The Balaban J connectivity index is 3.06. The molecule has 0 saturated heterocycles. The Morgan fingerprint density at radius 2 is 1.80 bits per heavy atom. The number of aromatic amines is 1. The van der Waals surface area contributed by atoms with Crippen LogP contribution in [0.4, 0.5) is 0 Å². The highest BCUT2D eigenvalue weighted by atomic mass is 32.2. The van der Waals surface area contributed by atoms with E-state index in [-0.39, 0.29) is 15.8 Å². The van der Waals surface area contributed by atoms with Crippen molar-refractivity contribution in [2.75, 3.05) is 0 Å². The molecule has 108 valence electrons. The summed E-state index contributed by atoms with van der Waals surface area (Å²) in [6, 6.07) is 3.50. The summed E-state index contributed by atoms with van der Waals surface area (Å²) >= 11 is 0. The van der Waals surface area contributed by atoms with E-state index in [9.17, 15) is 18.0 Å². The van der Waals surface area contributed by atoms with Crippen molar-refractivity contribution < 1.29 is 13.0 Å². The summed E-state index contributed by atoms with van der Waals surface area (Å²) in [5.41, 5.74) is -1.76. The van der Waals surface area contributed by atoms with Crippen LogP contribution in [0.1, 0.15) is 20.8 Å². The fraction of sp³-hybridized carbons (Fsp3) is 0.333. The molecule has 7 nitrogen and oxygen atoms in total. The van der Waals surface area contributed by atoms with E-state index in [0.29, 0.717) is 0 Å².